The molecule has 31 heavy (non-hydrogen) atoms. The second-order valence-corrected chi connectivity index (χ2v) is 9.53. The van der Waals surface area contributed by atoms with Crippen LogP contribution in [-0.2, 0) is 24.2 Å². The van der Waals surface area contributed by atoms with Crippen LogP contribution >= 0.6 is 11.3 Å². The Labute approximate surface area is 185 Å². The molecule has 162 valence electrons. The van der Waals surface area contributed by atoms with Crippen molar-refractivity contribution in [3.8, 4) is 0 Å². The first-order valence-electron chi connectivity index (χ1n) is 11.1. The average Bonchev–Trinajstić information content (AvgIpc) is 3.22. The van der Waals surface area contributed by atoms with Crippen molar-refractivity contribution in [2.45, 2.75) is 52.0 Å². The fourth-order valence-corrected chi connectivity index (χ4v) is 5.54. The number of piperidine rings is 1. The molecule has 1 aliphatic carbocycles. The molecule has 0 bridgehead atoms. The minimum Gasteiger partial charge on any atom is -0.352 e. The fraction of sp³-hybridized carbons (Fsp3) is 0.478. The van der Waals surface area contributed by atoms with E-state index < -0.39 is 0 Å². The van der Waals surface area contributed by atoms with Crippen molar-refractivity contribution in [3.63, 3.8) is 0 Å². The Morgan fingerprint density at radius 3 is 2.84 bits per heavy atom. The molecule has 0 unspecified atom stereocenters. The van der Waals surface area contributed by atoms with E-state index in [0.29, 0.717) is 11.5 Å². The molecule has 1 saturated heterocycles. The van der Waals surface area contributed by atoms with Crippen molar-refractivity contribution in [3.05, 3.63) is 57.0 Å². The molecular formula is C23H27N5O2S. The predicted octanol–water partition coefficient (Wildman–Crippen LogP) is 2.87. The van der Waals surface area contributed by atoms with E-state index >= 15 is 0 Å². The van der Waals surface area contributed by atoms with Crippen LogP contribution in [0.1, 0.15) is 48.1 Å². The zero-order chi connectivity index (χ0) is 21.4. The number of rotatable bonds is 4. The number of nitrogens with one attached hydrogen (secondary N) is 1. The first-order valence-corrected chi connectivity index (χ1v) is 11.9. The van der Waals surface area contributed by atoms with Crippen LogP contribution in [0, 0.1) is 12.8 Å². The van der Waals surface area contributed by atoms with Crippen molar-refractivity contribution in [2.24, 2.45) is 5.92 Å². The second-order valence-electron chi connectivity index (χ2n) is 8.60. The van der Waals surface area contributed by atoms with Gasteiger partial charge in [-0.3, -0.25) is 9.59 Å². The summed E-state index contributed by atoms with van der Waals surface area (Å²) < 4.78 is 1.48. The average molecular weight is 438 g/mol. The van der Waals surface area contributed by atoms with E-state index in [-0.39, 0.29) is 17.4 Å². The Morgan fingerprint density at radius 1 is 1.23 bits per heavy atom. The number of hydrogen-bond donors (Lipinski definition) is 1. The number of hydrogen-bond acceptors (Lipinski definition) is 6. The highest BCUT2D eigenvalue weighted by Gasteiger charge is 2.27. The summed E-state index contributed by atoms with van der Waals surface area (Å²) >= 11 is 1.48. The summed E-state index contributed by atoms with van der Waals surface area (Å²) in [6.07, 6.45) is 5.41. The van der Waals surface area contributed by atoms with E-state index in [0.717, 1.165) is 73.6 Å². The third-order valence-corrected chi connectivity index (χ3v) is 7.32. The summed E-state index contributed by atoms with van der Waals surface area (Å²) in [7, 11) is 0. The quantitative estimate of drug-likeness (QED) is 0.679. The lowest BCUT2D eigenvalue weighted by Crippen LogP contribution is -2.40. The number of anilines is 1. The summed E-state index contributed by atoms with van der Waals surface area (Å²) in [5.74, 6) is 0.139. The van der Waals surface area contributed by atoms with Crippen LogP contribution < -0.4 is 15.8 Å². The minimum absolute atomic E-state index is 0.00684. The van der Waals surface area contributed by atoms with Crippen LogP contribution in [0.4, 0.5) is 5.13 Å². The lowest BCUT2D eigenvalue weighted by molar-refractivity contribution is -0.125. The first-order chi connectivity index (χ1) is 15.1. The topological polar surface area (TPSA) is 79.6 Å². The molecule has 8 heteroatoms. The molecular weight excluding hydrogens is 410 g/mol. The molecule has 2 aromatic heterocycles. The Hall–Kier alpha value is -2.74. The molecule has 3 heterocycles. The molecule has 3 aromatic rings. The first kappa shape index (κ1) is 20.2. The highest BCUT2D eigenvalue weighted by Crippen LogP contribution is 2.28. The highest BCUT2D eigenvalue weighted by molar-refractivity contribution is 7.20. The van der Waals surface area contributed by atoms with Crippen molar-refractivity contribution in [1.29, 1.82) is 0 Å². The van der Waals surface area contributed by atoms with Gasteiger partial charge in [-0.2, -0.15) is 4.52 Å². The van der Waals surface area contributed by atoms with Crippen LogP contribution in [0.15, 0.2) is 29.1 Å². The van der Waals surface area contributed by atoms with E-state index in [4.69, 9.17) is 4.98 Å². The van der Waals surface area contributed by atoms with E-state index in [1.165, 1.54) is 21.4 Å². The lowest BCUT2D eigenvalue weighted by atomic mass is 9.96. The van der Waals surface area contributed by atoms with Gasteiger partial charge in [-0.25, -0.2) is 4.98 Å². The molecule has 0 saturated carbocycles. The van der Waals surface area contributed by atoms with Crippen molar-refractivity contribution in [2.75, 3.05) is 18.0 Å². The molecule has 2 aliphatic rings. The number of benzene rings is 1. The number of nitrogens with zero attached hydrogens (tertiary/aromatic N) is 4. The van der Waals surface area contributed by atoms with Gasteiger partial charge in [0.05, 0.1) is 5.69 Å². The molecule has 1 N–H and O–H groups in total. The summed E-state index contributed by atoms with van der Waals surface area (Å²) in [6.45, 7) is 4.15. The normalized spacial score (nSPS) is 17.0. The van der Waals surface area contributed by atoms with Gasteiger partial charge in [0, 0.05) is 31.1 Å². The monoisotopic (exact) mass is 437 g/mol. The molecule has 1 aromatic carbocycles. The molecule has 7 nitrogen and oxygen atoms in total. The number of amides is 1. The highest BCUT2D eigenvalue weighted by atomic mass is 32.1. The Balaban J connectivity index is 1.23. The number of aromatic nitrogens is 3. The maximum atomic E-state index is 12.8. The Kier molecular flexibility index (Phi) is 5.48. The third kappa shape index (κ3) is 4.08. The van der Waals surface area contributed by atoms with Gasteiger partial charge >= 0.3 is 0 Å². The van der Waals surface area contributed by atoms with Crippen LogP contribution in [0.5, 0.6) is 0 Å². The number of aryl methyl sites for hydroxylation is 2. The lowest BCUT2D eigenvalue weighted by Gasteiger charge is -2.30. The summed E-state index contributed by atoms with van der Waals surface area (Å²) in [5.41, 5.74) is 4.11. The fourth-order valence-electron chi connectivity index (χ4n) is 4.58. The van der Waals surface area contributed by atoms with Crippen LogP contribution in [0.25, 0.3) is 4.96 Å². The maximum Gasteiger partial charge on any atom is 0.278 e. The zero-order valence-corrected chi connectivity index (χ0v) is 18.6. The number of fused-ring (bicyclic) bond motifs is 2. The standard InChI is InChI=1S/C23H27N5O2S/c1-15-5-4-6-16(13-15)14-24-20(29)17-9-11-27(12-10-17)23-26-28-21(30)18-7-2-3-8-19(18)25-22(28)31-23/h4-6,13,17H,2-3,7-12,14H2,1H3,(H,24,29). The Morgan fingerprint density at radius 2 is 2.03 bits per heavy atom. The van der Waals surface area contributed by atoms with Gasteiger partial charge in [0.1, 0.15) is 0 Å². The van der Waals surface area contributed by atoms with Gasteiger partial charge in [-0.15, -0.1) is 5.10 Å². The van der Waals surface area contributed by atoms with Gasteiger partial charge in [-0.05, 0) is 51.0 Å². The number of carbonyl (C=O) groups excluding carboxylic acids is 1. The molecule has 0 atom stereocenters. The number of carbonyl (C=O) groups is 1. The van der Waals surface area contributed by atoms with E-state index in [9.17, 15) is 9.59 Å². The maximum absolute atomic E-state index is 12.8. The zero-order valence-electron chi connectivity index (χ0n) is 17.8. The molecule has 1 amide bonds. The van der Waals surface area contributed by atoms with Crippen molar-refractivity contribution < 1.29 is 4.79 Å². The molecule has 0 spiro atoms. The van der Waals surface area contributed by atoms with Gasteiger partial charge < -0.3 is 10.2 Å². The van der Waals surface area contributed by atoms with Crippen molar-refractivity contribution >= 4 is 27.3 Å². The summed E-state index contributed by atoms with van der Waals surface area (Å²) in [4.78, 5) is 33.0. The molecule has 0 radical (unpaired) electrons. The molecule has 5 rings (SSSR count). The van der Waals surface area contributed by atoms with Gasteiger partial charge in [0.15, 0.2) is 0 Å². The minimum atomic E-state index is -0.00684. The predicted molar refractivity (Wildman–Crippen MR) is 122 cm³/mol. The largest absolute Gasteiger partial charge is 0.352 e. The van der Waals surface area contributed by atoms with Gasteiger partial charge in [0.2, 0.25) is 16.0 Å². The van der Waals surface area contributed by atoms with E-state index in [1.807, 2.05) is 12.1 Å². The van der Waals surface area contributed by atoms with Crippen LogP contribution in [0.3, 0.4) is 0 Å². The van der Waals surface area contributed by atoms with Crippen LogP contribution in [-0.4, -0.2) is 33.6 Å². The van der Waals surface area contributed by atoms with Gasteiger partial charge in [0.25, 0.3) is 5.56 Å². The van der Waals surface area contributed by atoms with E-state index in [2.05, 4.69) is 34.4 Å². The van der Waals surface area contributed by atoms with Gasteiger partial charge in [-0.1, -0.05) is 41.2 Å². The summed E-state index contributed by atoms with van der Waals surface area (Å²) in [5, 5.41) is 8.49. The Bertz CT molecular complexity index is 1180. The smallest absolute Gasteiger partial charge is 0.278 e. The SMILES string of the molecule is Cc1cccc(CNC(=O)C2CCN(c3nn4c(=O)c5c(nc4s3)CCCC5)CC2)c1. The van der Waals surface area contributed by atoms with Crippen LogP contribution in [0.2, 0.25) is 0 Å². The summed E-state index contributed by atoms with van der Waals surface area (Å²) in [6, 6.07) is 8.21. The van der Waals surface area contributed by atoms with E-state index in [1.54, 1.807) is 0 Å². The molecule has 1 fully saturated rings. The third-order valence-electron chi connectivity index (χ3n) is 6.35. The second kappa shape index (κ2) is 8.42. The molecule has 1 aliphatic heterocycles. The van der Waals surface area contributed by atoms with Crippen molar-refractivity contribution in [1.82, 2.24) is 19.9 Å².